The molecule has 26 heavy (non-hydrogen) atoms. The largest absolute Gasteiger partial charge is 0.343 e. The average molecular weight is 348 g/mol. The van der Waals surface area contributed by atoms with Crippen LogP contribution in [0.15, 0.2) is 60.9 Å². The van der Waals surface area contributed by atoms with Gasteiger partial charge in [-0.25, -0.2) is 4.68 Å². The number of nitrogens with one attached hydrogen (secondary N) is 2. The minimum Gasteiger partial charge on any atom is -0.343 e. The van der Waals surface area contributed by atoms with Crippen LogP contribution in [0.5, 0.6) is 0 Å². The van der Waals surface area contributed by atoms with Crippen LogP contribution in [0.4, 0.5) is 5.69 Å². The molecule has 0 saturated carbocycles. The molecule has 0 bridgehead atoms. The van der Waals surface area contributed by atoms with E-state index in [4.69, 9.17) is 0 Å². The van der Waals surface area contributed by atoms with Gasteiger partial charge in [0.15, 0.2) is 0 Å². The number of anilines is 1. The van der Waals surface area contributed by atoms with Gasteiger partial charge in [-0.2, -0.15) is 5.10 Å². The van der Waals surface area contributed by atoms with Crippen LogP contribution in [-0.4, -0.2) is 28.1 Å². The zero-order chi connectivity index (χ0) is 18.5. The molecule has 0 unspecified atom stereocenters. The van der Waals surface area contributed by atoms with Gasteiger partial charge in [0.25, 0.3) is 5.91 Å². The predicted octanol–water partition coefficient (Wildman–Crippen LogP) is 2.86. The highest BCUT2D eigenvalue weighted by Crippen LogP contribution is 2.19. The molecule has 2 amide bonds. The average Bonchev–Trinajstić information content (AvgIpc) is 3.14. The molecule has 0 aliphatic rings. The van der Waals surface area contributed by atoms with Crippen LogP contribution in [0, 0.1) is 13.8 Å². The maximum absolute atomic E-state index is 12.2. The van der Waals surface area contributed by atoms with E-state index in [0.29, 0.717) is 5.56 Å². The summed E-state index contributed by atoms with van der Waals surface area (Å²) in [6.07, 6.45) is 3.11. The normalized spacial score (nSPS) is 10.4. The van der Waals surface area contributed by atoms with E-state index in [1.54, 1.807) is 10.9 Å². The summed E-state index contributed by atoms with van der Waals surface area (Å²) in [7, 11) is 0. The number of rotatable bonds is 5. The van der Waals surface area contributed by atoms with Gasteiger partial charge in [0, 0.05) is 11.9 Å². The summed E-state index contributed by atoms with van der Waals surface area (Å²) >= 11 is 0. The minimum atomic E-state index is -0.344. The molecule has 0 atom stereocenters. The van der Waals surface area contributed by atoms with Gasteiger partial charge in [0.2, 0.25) is 5.91 Å². The Morgan fingerprint density at radius 1 is 1.00 bits per heavy atom. The van der Waals surface area contributed by atoms with Crippen molar-refractivity contribution in [3.8, 4) is 5.69 Å². The van der Waals surface area contributed by atoms with Gasteiger partial charge in [0.05, 0.1) is 24.0 Å². The van der Waals surface area contributed by atoms with Crippen molar-refractivity contribution in [3.05, 3.63) is 77.6 Å². The van der Waals surface area contributed by atoms with Gasteiger partial charge in [0.1, 0.15) is 0 Å². The molecule has 6 heteroatoms. The number of carbonyl (C=O) groups excluding carboxylic acids is 2. The van der Waals surface area contributed by atoms with Crippen molar-refractivity contribution in [2.45, 2.75) is 13.8 Å². The first-order valence-corrected chi connectivity index (χ1v) is 8.29. The number of nitrogens with zero attached hydrogens (tertiary/aromatic N) is 2. The Labute approximate surface area is 151 Å². The molecule has 2 N–H and O–H groups in total. The summed E-state index contributed by atoms with van der Waals surface area (Å²) in [4.78, 5) is 24.4. The summed E-state index contributed by atoms with van der Waals surface area (Å²) in [6.45, 7) is 3.75. The Balaban J connectivity index is 1.59. The molecule has 0 saturated heterocycles. The molecule has 0 radical (unpaired) electrons. The lowest BCUT2D eigenvalue weighted by Gasteiger charge is -2.11. The van der Waals surface area contributed by atoms with Crippen molar-refractivity contribution in [2.24, 2.45) is 0 Å². The molecule has 1 aromatic heterocycles. The number of aromatic nitrogens is 2. The first-order chi connectivity index (χ1) is 12.5. The smallest absolute Gasteiger partial charge is 0.254 e. The second-order valence-electron chi connectivity index (χ2n) is 6.01. The van der Waals surface area contributed by atoms with Crippen molar-refractivity contribution >= 4 is 17.5 Å². The molecular formula is C20H20N4O2. The van der Waals surface area contributed by atoms with Gasteiger partial charge >= 0.3 is 0 Å². The molecule has 1 heterocycles. The zero-order valence-electron chi connectivity index (χ0n) is 14.7. The van der Waals surface area contributed by atoms with Crippen molar-refractivity contribution < 1.29 is 9.59 Å². The summed E-state index contributed by atoms with van der Waals surface area (Å²) in [5.74, 6) is -0.616. The fourth-order valence-electron chi connectivity index (χ4n) is 2.62. The van der Waals surface area contributed by atoms with Gasteiger partial charge in [-0.05, 0) is 37.1 Å². The summed E-state index contributed by atoms with van der Waals surface area (Å²) in [6, 6.07) is 15.3. The molecular weight excluding hydrogens is 328 g/mol. The third-order valence-corrected chi connectivity index (χ3v) is 4.02. The Kier molecular flexibility index (Phi) is 5.12. The lowest BCUT2D eigenvalue weighted by molar-refractivity contribution is -0.115. The fourth-order valence-corrected chi connectivity index (χ4v) is 2.62. The fraction of sp³-hybridized carbons (Fsp3) is 0.150. The number of amides is 2. The molecule has 0 aliphatic carbocycles. The molecule has 3 aromatic rings. The minimum absolute atomic E-state index is 0.108. The predicted molar refractivity (Wildman–Crippen MR) is 100 cm³/mol. The maximum Gasteiger partial charge on any atom is 0.254 e. The topological polar surface area (TPSA) is 76.0 Å². The van der Waals surface area contributed by atoms with Crippen molar-refractivity contribution in [2.75, 3.05) is 11.9 Å². The van der Waals surface area contributed by atoms with Crippen LogP contribution in [0.1, 0.15) is 21.5 Å². The van der Waals surface area contributed by atoms with Crippen LogP contribution in [-0.2, 0) is 4.79 Å². The van der Waals surface area contributed by atoms with E-state index in [2.05, 4.69) is 15.7 Å². The summed E-state index contributed by atoms with van der Waals surface area (Å²) < 4.78 is 1.62. The Hall–Kier alpha value is -3.41. The number of hydrogen-bond acceptors (Lipinski definition) is 3. The second-order valence-corrected chi connectivity index (χ2v) is 6.01. The Bertz CT molecular complexity index is 912. The first-order valence-electron chi connectivity index (χ1n) is 8.29. The highest BCUT2D eigenvalue weighted by Gasteiger charge is 2.12. The van der Waals surface area contributed by atoms with Crippen molar-refractivity contribution in [3.63, 3.8) is 0 Å². The van der Waals surface area contributed by atoms with E-state index in [1.807, 2.05) is 62.4 Å². The lowest BCUT2D eigenvalue weighted by Crippen LogP contribution is -2.33. The van der Waals surface area contributed by atoms with Gasteiger partial charge in [-0.1, -0.05) is 36.4 Å². The van der Waals surface area contributed by atoms with Gasteiger partial charge in [-0.3, -0.25) is 9.59 Å². The molecule has 132 valence electrons. The molecule has 0 spiro atoms. The quantitative estimate of drug-likeness (QED) is 0.744. The monoisotopic (exact) mass is 348 g/mol. The maximum atomic E-state index is 12.2. The zero-order valence-corrected chi connectivity index (χ0v) is 14.7. The van der Waals surface area contributed by atoms with Crippen LogP contribution in [0.3, 0.4) is 0 Å². The Morgan fingerprint density at radius 3 is 2.38 bits per heavy atom. The summed E-state index contributed by atoms with van der Waals surface area (Å²) in [5, 5.41) is 9.64. The van der Waals surface area contributed by atoms with Crippen LogP contribution in [0.25, 0.3) is 5.69 Å². The van der Waals surface area contributed by atoms with Crippen LogP contribution < -0.4 is 10.6 Å². The SMILES string of the molecule is Cc1cccc(C)c1NC(=O)CNC(=O)c1cnn(-c2ccccc2)c1. The molecule has 3 rings (SSSR count). The molecule has 0 aliphatic heterocycles. The van der Waals surface area contributed by atoms with E-state index >= 15 is 0 Å². The van der Waals surface area contributed by atoms with E-state index < -0.39 is 0 Å². The number of benzene rings is 2. The molecule has 2 aromatic carbocycles. The molecule has 6 nitrogen and oxygen atoms in total. The number of hydrogen-bond donors (Lipinski definition) is 2. The van der Waals surface area contributed by atoms with Crippen LogP contribution in [0.2, 0.25) is 0 Å². The van der Waals surface area contributed by atoms with Gasteiger partial charge in [-0.15, -0.1) is 0 Å². The number of carbonyl (C=O) groups is 2. The Morgan fingerprint density at radius 2 is 1.69 bits per heavy atom. The van der Waals surface area contributed by atoms with E-state index in [0.717, 1.165) is 22.5 Å². The van der Waals surface area contributed by atoms with Crippen molar-refractivity contribution in [1.29, 1.82) is 0 Å². The van der Waals surface area contributed by atoms with E-state index in [-0.39, 0.29) is 18.4 Å². The molecule has 0 fully saturated rings. The number of para-hydroxylation sites is 2. The third-order valence-electron chi connectivity index (χ3n) is 4.02. The highest BCUT2D eigenvalue weighted by molar-refractivity contribution is 5.99. The van der Waals surface area contributed by atoms with E-state index in [9.17, 15) is 9.59 Å². The van der Waals surface area contributed by atoms with Gasteiger partial charge < -0.3 is 10.6 Å². The first kappa shape index (κ1) is 17.4. The highest BCUT2D eigenvalue weighted by atomic mass is 16.2. The van der Waals surface area contributed by atoms with E-state index in [1.165, 1.54) is 6.20 Å². The second kappa shape index (κ2) is 7.65. The third kappa shape index (κ3) is 3.97. The van der Waals surface area contributed by atoms with Crippen LogP contribution >= 0.6 is 0 Å². The van der Waals surface area contributed by atoms with Crippen molar-refractivity contribution in [1.82, 2.24) is 15.1 Å². The lowest BCUT2D eigenvalue weighted by atomic mass is 10.1. The standard InChI is InChI=1S/C20H20N4O2/c1-14-7-6-8-15(2)19(14)23-18(25)12-21-20(26)16-11-22-24(13-16)17-9-4-3-5-10-17/h3-11,13H,12H2,1-2H3,(H,21,26)(H,23,25). The number of aryl methyl sites for hydroxylation is 2. The summed E-state index contributed by atoms with van der Waals surface area (Å²) in [5.41, 5.74) is 4.00.